The van der Waals surface area contributed by atoms with Crippen molar-refractivity contribution in [2.45, 2.75) is 0 Å². The van der Waals surface area contributed by atoms with Crippen LogP contribution in [0.4, 0.5) is 5.69 Å². The molecule has 0 atom stereocenters. The van der Waals surface area contributed by atoms with E-state index in [1.807, 2.05) is 18.2 Å². The fraction of sp³-hybridized carbons (Fsp3) is 0.364. The molecule has 5 heteroatoms. The zero-order valence-electron chi connectivity index (χ0n) is 9.08. The summed E-state index contributed by atoms with van der Waals surface area (Å²) in [6.45, 7) is 1.39. The van der Waals surface area contributed by atoms with Crippen LogP contribution in [-0.2, 0) is 4.79 Å². The lowest BCUT2D eigenvalue weighted by atomic mass is 10.2. The van der Waals surface area contributed by atoms with Crippen molar-refractivity contribution in [3.63, 3.8) is 0 Å². The van der Waals surface area contributed by atoms with E-state index in [4.69, 9.17) is 9.47 Å². The predicted molar refractivity (Wildman–Crippen MR) is 60.0 cm³/mol. The van der Waals surface area contributed by atoms with Crippen LogP contribution in [0.3, 0.4) is 0 Å². The van der Waals surface area contributed by atoms with Gasteiger partial charge in [0.15, 0.2) is 11.5 Å². The third-order valence-corrected chi connectivity index (χ3v) is 2.27. The molecule has 0 radical (unpaired) electrons. The number of carbonyl (C=O) groups is 1. The lowest BCUT2D eigenvalue weighted by molar-refractivity contribution is -0.118. The van der Waals surface area contributed by atoms with Crippen LogP contribution in [0, 0.1) is 0 Å². The fourth-order valence-electron chi connectivity index (χ4n) is 1.42. The normalized spacial score (nSPS) is 13.1. The van der Waals surface area contributed by atoms with Crippen LogP contribution in [0.15, 0.2) is 18.2 Å². The van der Waals surface area contributed by atoms with Gasteiger partial charge in [0.1, 0.15) is 13.2 Å². The van der Waals surface area contributed by atoms with Gasteiger partial charge in [-0.1, -0.05) is 0 Å². The molecule has 0 aliphatic carbocycles. The highest BCUT2D eigenvalue weighted by molar-refractivity contribution is 5.80. The number of hydrogen-bond donors (Lipinski definition) is 2. The summed E-state index contributed by atoms with van der Waals surface area (Å²) in [6, 6.07) is 5.52. The summed E-state index contributed by atoms with van der Waals surface area (Å²) in [6.07, 6.45) is 0. The molecule has 1 aromatic carbocycles. The van der Waals surface area contributed by atoms with Crippen molar-refractivity contribution in [1.29, 1.82) is 0 Å². The highest BCUT2D eigenvalue weighted by Crippen LogP contribution is 2.32. The van der Waals surface area contributed by atoms with E-state index in [-0.39, 0.29) is 12.5 Å². The van der Waals surface area contributed by atoms with E-state index in [0.717, 1.165) is 11.4 Å². The summed E-state index contributed by atoms with van der Waals surface area (Å²) in [5.41, 5.74) is 0.841. The number of rotatable bonds is 3. The average molecular weight is 222 g/mol. The summed E-state index contributed by atoms with van der Waals surface area (Å²) >= 11 is 0. The molecule has 0 unspecified atom stereocenters. The van der Waals surface area contributed by atoms with Crippen molar-refractivity contribution < 1.29 is 14.3 Å². The van der Waals surface area contributed by atoms with Gasteiger partial charge < -0.3 is 20.1 Å². The molecule has 1 amide bonds. The molecule has 86 valence electrons. The molecule has 1 aliphatic rings. The Kier molecular flexibility index (Phi) is 3.14. The smallest absolute Gasteiger partial charge is 0.239 e. The van der Waals surface area contributed by atoms with Gasteiger partial charge in [0.05, 0.1) is 6.54 Å². The van der Waals surface area contributed by atoms with Crippen LogP contribution in [0.2, 0.25) is 0 Å². The van der Waals surface area contributed by atoms with Crippen molar-refractivity contribution in [2.75, 3.05) is 32.1 Å². The van der Waals surface area contributed by atoms with Crippen molar-refractivity contribution in [3.8, 4) is 11.5 Å². The molecule has 1 aliphatic heterocycles. The average Bonchev–Trinajstić information content (AvgIpc) is 2.35. The Morgan fingerprint density at radius 3 is 2.81 bits per heavy atom. The van der Waals surface area contributed by atoms with Gasteiger partial charge in [0.2, 0.25) is 5.91 Å². The first-order valence-electron chi connectivity index (χ1n) is 5.13. The van der Waals surface area contributed by atoms with Crippen molar-refractivity contribution >= 4 is 11.6 Å². The van der Waals surface area contributed by atoms with Gasteiger partial charge >= 0.3 is 0 Å². The molecular weight excluding hydrogens is 208 g/mol. The van der Waals surface area contributed by atoms with Gasteiger partial charge in [-0.25, -0.2) is 0 Å². The maximum absolute atomic E-state index is 11.0. The van der Waals surface area contributed by atoms with Crippen LogP contribution in [-0.4, -0.2) is 32.7 Å². The van der Waals surface area contributed by atoms with E-state index in [1.165, 1.54) is 0 Å². The van der Waals surface area contributed by atoms with E-state index in [2.05, 4.69) is 10.6 Å². The van der Waals surface area contributed by atoms with E-state index in [1.54, 1.807) is 7.05 Å². The number of likely N-dealkylation sites (N-methyl/N-ethyl adjacent to an activating group) is 1. The van der Waals surface area contributed by atoms with Gasteiger partial charge in [-0.05, 0) is 12.1 Å². The number of nitrogens with one attached hydrogen (secondary N) is 2. The molecule has 2 N–H and O–H groups in total. The summed E-state index contributed by atoms with van der Waals surface area (Å²) in [7, 11) is 1.60. The standard InChI is InChI=1S/C11H14N2O3/c1-12-11(14)7-13-8-2-3-9-10(6-8)16-5-4-15-9/h2-3,6,13H,4-5,7H2,1H3,(H,12,14). The third kappa shape index (κ3) is 2.36. The molecule has 1 heterocycles. The number of anilines is 1. The van der Waals surface area contributed by atoms with Gasteiger partial charge in [-0.2, -0.15) is 0 Å². The Bertz CT molecular complexity index is 393. The quantitative estimate of drug-likeness (QED) is 0.787. The number of fused-ring (bicyclic) bond motifs is 1. The second-order valence-electron chi connectivity index (χ2n) is 3.39. The lowest BCUT2D eigenvalue weighted by Gasteiger charge is -2.19. The zero-order valence-corrected chi connectivity index (χ0v) is 9.08. The number of hydrogen-bond acceptors (Lipinski definition) is 4. The summed E-state index contributed by atoms with van der Waals surface area (Å²) in [5.74, 6) is 1.40. The van der Waals surface area contributed by atoms with E-state index in [9.17, 15) is 4.79 Å². The second-order valence-corrected chi connectivity index (χ2v) is 3.39. The molecule has 0 fully saturated rings. The van der Waals surface area contributed by atoms with E-state index in [0.29, 0.717) is 19.0 Å². The Balaban J connectivity index is 2.03. The Labute approximate surface area is 93.7 Å². The molecule has 0 bridgehead atoms. The summed E-state index contributed by atoms with van der Waals surface area (Å²) < 4.78 is 10.8. The van der Waals surface area contributed by atoms with Crippen molar-refractivity contribution in [3.05, 3.63) is 18.2 Å². The molecule has 2 rings (SSSR count). The Hall–Kier alpha value is -1.91. The van der Waals surface area contributed by atoms with Crippen LogP contribution in [0.5, 0.6) is 11.5 Å². The van der Waals surface area contributed by atoms with Crippen LogP contribution >= 0.6 is 0 Å². The zero-order chi connectivity index (χ0) is 11.4. The van der Waals surface area contributed by atoms with Gasteiger partial charge in [0.25, 0.3) is 0 Å². The number of amides is 1. The predicted octanol–water partition coefficient (Wildman–Crippen LogP) is 0.616. The monoisotopic (exact) mass is 222 g/mol. The third-order valence-electron chi connectivity index (χ3n) is 2.27. The first kappa shape index (κ1) is 10.6. The molecular formula is C11H14N2O3. The first-order chi connectivity index (χ1) is 7.79. The van der Waals surface area contributed by atoms with E-state index < -0.39 is 0 Å². The maximum Gasteiger partial charge on any atom is 0.239 e. The molecule has 0 saturated heterocycles. The Morgan fingerprint density at radius 1 is 1.31 bits per heavy atom. The van der Waals surface area contributed by atoms with Crippen molar-refractivity contribution in [1.82, 2.24) is 5.32 Å². The minimum absolute atomic E-state index is 0.0603. The van der Waals surface area contributed by atoms with Crippen LogP contribution in [0.25, 0.3) is 0 Å². The van der Waals surface area contributed by atoms with Gasteiger partial charge in [-0.15, -0.1) is 0 Å². The maximum atomic E-state index is 11.0. The van der Waals surface area contributed by atoms with E-state index >= 15 is 0 Å². The Morgan fingerprint density at radius 2 is 2.06 bits per heavy atom. The van der Waals surface area contributed by atoms with Crippen molar-refractivity contribution in [2.24, 2.45) is 0 Å². The molecule has 0 spiro atoms. The minimum Gasteiger partial charge on any atom is -0.486 e. The summed E-state index contributed by atoms with van der Waals surface area (Å²) in [5, 5.41) is 5.54. The molecule has 0 saturated carbocycles. The largest absolute Gasteiger partial charge is 0.486 e. The molecule has 1 aromatic rings. The van der Waals surface area contributed by atoms with Crippen LogP contribution in [0.1, 0.15) is 0 Å². The number of carbonyl (C=O) groups excluding carboxylic acids is 1. The molecule has 16 heavy (non-hydrogen) atoms. The lowest BCUT2D eigenvalue weighted by Crippen LogP contribution is -2.26. The van der Waals surface area contributed by atoms with Gasteiger partial charge in [-0.3, -0.25) is 4.79 Å². The second kappa shape index (κ2) is 4.74. The van der Waals surface area contributed by atoms with Crippen LogP contribution < -0.4 is 20.1 Å². The number of ether oxygens (including phenoxy) is 2. The highest BCUT2D eigenvalue weighted by atomic mass is 16.6. The highest BCUT2D eigenvalue weighted by Gasteiger charge is 2.11. The number of benzene rings is 1. The van der Waals surface area contributed by atoms with Gasteiger partial charge in [0, 0.05) is 18.8 Å². The summed E-state index contributed by atoms with van der Waals surface area (Å²) in [4.78, 5) is 11.0. The molecule has 0 aromatic heterocycles. The SMILES string of the molecule is CNC(=O)CNc1ccc2c(c1)OCCO2. The first-order valence-corrected chi connectivity index (χ1v) is 5.13. The topological polar surface area (TPSA) is 59.6 Å². The molecule has 5 nitrogen and oxygen atoms in total. The fourth-order valence-corrected chi connectivity index (χ4v) is 1.42. The minimum atomic E-state index is -0.0603.